The van der Waals surface area contributed by atoms with Gasteiger partial charge in [0.15, 0.2) is 0 Å². The van der Waals surface area contributed by atoms with Crippen molar-refractivity contribution in [2.24, 2.45) is 17.8 Å². The second kappa shape index (κ2) is 12.7. The molecule has 0 saturated carbocycles. The van der Waals surface area contributed by atoms with Crippen molar-refractivity contribution in [2.75, 3.05) is 53.1 Å². The lowest BCUT2D eigenvalue weighted by Gasteiger charge is -2.32. The van der Waals surface area contributed by atoms with Gasteiger partial charge in [-0.3, -0.25) is 4.79 Å². The summed E-state index contributed by atoms with van der Waals surface area (Å²) in [4.78, 5) is 15.0. The molecular weight excluding hydrogens is 428 g/mol. The van der Waals surface area contributed by atoms with Gasteiger partial charge in [-0.2, -0.15) is 4.31 Å². The molecule has 0 aromatic heterocycles. The highest BCUT2D eigenvalue weighted by atomic mass is 32.2. The maximum absolute atomic E-state index is 13.2. The van der Waals surface area contributed by atoms with Crippen LogP contribution >= 0.6 is 0 Å². The van der Waals surface area contributed by atoms with E-state index in [2.05, 4.69) is 0 Å². The van der Waals surface area contributed by atoms with E-state index in [0.717, 1.165) is 12.8 Å². The van der Waals surface area contributed by atoms with Gasteiger partial charge in [-0.05, 0) is 54.9 Å². The number of carbonyl (C=O) groups is 1. The van der Waals surface area contributed by atoms with Crippen LogP contribution < -0.4 is 0 Å². The second-order valence-electron chi connectivity index (χ2n) is 9.44. The minimum Gasteiger partial charge on any atom is -0.382 e. The van der Waals surface area contributed by atoms with Gasteiger partial charge in [0.25, 0.3) is 5.91 Å². The fraction of sp³-hybridized carbons (Fsp3) is 0.708. The Morgan fingerprint density at radius 3 is 2.09 bits per heavy atom. The van der Waals surface area contributed by atoms with Crippen LogP contribution in [0.2, 0.25) is 0 Å². The first-order valence-corrected chi connectivity index (χ1v) is 13.0. The van der Waals surface area contributed by atoms with E-state index < -0.39 is 10.0 Å². The van der Waals surface area contributed by atoms with Gasteiger partial charge < -0.3 is 14.4 Å². The Morgan fingerprint density at radius 1 is 1.03 bits per heavy atom. The third-order valence-electron chi connectivity index (χ3n) is 5.56. The lowest BCUT2D eigenvalue weighted by Crippen LogP contribution is -2.39. The fourth-order valence-corrected chi connectivity index (χ4v) is 5.65. The minimum atomic E-state index is -3.59. The number of amides is 1. The maximum Gasteiger partial charge on any atom is 0.253 e. The van der Waals surface area contributed by atoms with Crippen LogP contribution in [0.25, 0.3) is 0 Å². The molecule has 0 atom stereocenters. The number of hydrogen-bond acceptors (Lipinski definition) is 5. The molecule has 32 heavy (non-hydrogen) atoms. The Balaban J connectivity index is 1.98. The van der Waals surface area contributed by atoms with Crippen LogP contribution in [0.3, 0.4) is 0 Å². The zero-order valence-electron chi connectivity index (χ0n) is 20.2. The summed E-state index contributed by atoms with van der Waals surface area (Å²) in [5.41, 5.74) is 0.526. The zero-order valence-corrected chi connectivity index (χ0v) is 21.1. The number of rotatable bonds is 12. The number of benzene rings is 1. The van der Waals surface area contributed by atoms with Gasteiger partial charge >= 0.3 is 0 Å². The normalized spacial score (nSPS) is 15.8. The highest BCUT2D eigenvalue weighted by Gasteiger charge is 2.27. The Morgan fingerprint density at radius 2 is 1.59 bits per heavy atom. The van der Waals surface area contributed by atoms with Crippen molar-refractivity contribution in [1.82, 2.24) is 9.21 Å². The summed E-state index contributed by atoms with van der Waals surface area (Å²) in [5, 5.41) is 0. The molecule has 1 aromatic carbocycles. The summed E-state index contributed by atoms with van der Waals surface area (Å²) in [6.45, 7) is 12.3. The van der Waals surface area contributed by atoms with E-state index in [0.29, 0.717) is 57.5 Å². The largest absolute Gasteiger partial charge is 0.382 e. The molecule has 0 aliphatic carbocycles. The summed E-state index contributed by atoms with van der Waals surface area (Å²) in [7, 11) is -1.94. The lowest BCUT2D eigenvalue weighted by molar-refractivity contribution is 0.0327. The van der Waals surface area contributed by atoms with Crippen molar-refractivity contribution in [3.63, 3.8) is 0 Å². The third kappa shape index (κ3) is 7.83. The smallest absolute Gasteiger partial charge is 0.253 e. The molecule has 1 aromatic rings. The van der Waals surface area contributed by atoms with Gasteiger partial charge in [0.05, 0.1) is 18.1 Å². The van der Waals surface area contributed by atoms with Crippen molar-refractivity contribution in [3.05, 3.63) is 29.8 Å². The van der Waals surface area contributed by atoms with E-state index in [9.17, 15) is 13.2 Å². The molecule has 8 heteroatoms. The number of carbonyl (C=O) groups excluding carboxylic acids is 1. The predicted molar refractivity (Wildman–Crippen MR) is 126 cm³/mol. The summed E-state index contributed by atoms with van der Waals surface area (Å²) in [6.07, 6.45) is 1.81. The molecule has 1 aliphatic heterocycles. The summed E-state index contributed by atoms with van der Waals surface area (Å²) < 4.78 is 38.5. The van der Waals surface area contributed by atoms with Crippen LogP contribution in [-0.4, -0.2) is 76.6 Å². The van der Waals surface area contributed by atoms with Gasteiger partial charge in [-0.1, -0.05) is 27.7 Å². The number of methoxy groups -OCH3 is 1. The molecule has 0 N–H and O–H groups in total. The molecule has 0 unspecified atom stereocenters. The van der Waals surface area contributed by atoms with Crippen LogP contribution in [0.1, 0.15) is 50.9 Å². The van der Waals surface area contributed by atoms with E-state index in [1.165, 1.54) is 0 Å². The second-order valence-corrected chi connectivity index (χ2v) is 11.4. The molecule has 1 saturated heterocycles. The average Bonchev–Trinajstić information content (AvgIpc) is 2.75. The summed E-state index contributed by atoms with van der Waals surface area (Å²) in [6, 6.07) is 6.40. The van der Waals surface area contributed by atoms with Crippen molar-refractivity contribution < 1.29 is 22.7 Å². The monoisotopic (exact) mass is 468 g/mol. The number of ether oxygens (including phenoxy) is 2. The fourth-order valence-electron chi connectivity index (χ4n) is 3.88. The van der Waals surface area contributed by atoms with Gasteiger partial charge in [0, 0.05) is 45.5 Å². The van der Waals surface area contributed by atoms with E-state index >= 15 is 0 Å². The van der Waals surface area contributed by atoms with E-state index in [-0.39, 0.29) is 22.6 Å². The van der Waals surface area contributed by atoms with Crippen LogP contribution in [-0.2, 0) is 19.5 Å². The van der Waals surface area contributed by atoms with Gasteiger partial charge in [0.2, 0.25) is 10.0 Å². The summed E-state index contributed by atoms with van der Waals surface area (Å²) >= 11 is 0. The Hall–Kier alpha value is -1.48. The number of piperidine rings is 1. The number of nitrogens with zero attached hydrogens (tertiary/aromatic N) is 2. The van der Waals surface area contributed by atoms with Crippen LogP contribution in [0.4, 0.5) is 0 Å². The molecule has 1 amide bonds. The summed E-state index contributed by atoms with van der Waals surface area (Å²) in [5.74, 6) is 0.876. The quantitative estimate of drug-likeness (QED) is 0.439. The van der Waals surface area contributed by atoms with E-state index in [4.69, 9.17) is 9.47 Å². The van der Waals surface area contributed by atoms with Crippen LogP contribution in [0.5, 0.6) is 0 Å². The average molecular weight is 469 g/mol. The Bertz CT molecular complexity index is 790. The molecule has 182 valence electrons. The van der Waals surface area contributed by atoms with Gasteiger partial charge in [0.1, 0.15) is 0 Å². The van der Waals surface area contributed by atoms with E-state index in [1.807, 2.05) is 32.6 Å². The molecule has 0 spiro atoms. The van der Waals surface area contributed by atoms with Gasteiger partial charge in [-0.15, -0.1) is 0 Å². The van der Waals surface area contributed by atoms with Crippen molar-refractivity contribution >= 4 is 15.9 Å². The first-order valence-electron chi connectivity index (χ1n) is 11.6. The molecule has 0 bridgehead atoms. The first kappa shape index (κ1) is 26.8. The lowest BCUT2D eigenvalue weighted by atomic mass is 9.97. The zero-order chi connectivity index (χ0) is 23.7. The van der Waals surface area contributed by atoms with Crippen molar-refractivity contribution in [1.29, 1.82) is 0 Å². The molecule has 1 fully saturated rings. The molecule has 7 nitrogen and oxygen atoms in total. The number of likely N-dealkylation sites (tertiary alicyclic amines) is 1. The highest BCUT2D eigenvalue weighted by Crippen LogP contribution is 2.22. The first-order chi connectivity index (χ1) is 15.1. The van der Waals surface area contributed by atoms with E-state index in [1.54, 1.807) is 35.7 Å². The molecule has 1 aliphatic rings. The maximum atomic E-state index is 13.2. The standard InChI is InChI=1S/C24H40N2O5S/c1-19(2)16-26(17-20(3)4)32(28,29)23-8-6-22(7-9-23)24(27)25-12-10-21(11-13-25)18-31-15-14-30-5/h6-9,19-21H,10-18H2,1-5H3. The highest BCUT2D eigenvalue weighted by molar-refractivity contribution is 7.89. The molecule has 2 rings (SSSR count). The minimum absolute atomic E-state index is 0.0473. The van der Waals surface area contributed by atoms with Crippen LogP contribution in [0, 0.1) is 17.8 Å². The molecule has 0 radical (unpaired) electrons. The third-order valence-corrected chi connectivity index (χ3v) is 7.41. The van der Waals surface area contributed by atoms with Crippen molar-refractivity contribution in [3.8, 4) is 0 Å². The molecule has 1 heterocycles. The topological polar surface area (TPSA) is 76.1 Å². The Kier molecular flexibility index (Phi) is 10.6. The van der Waals surface area contributed by atoms with Gasteiger partial charge in [-0.25, -0.2) is 8.42 Å². The van der Waals surface area contributed by atoms with Crippen molar-refractivity contribution in [2.45, 2.75) is 45.4 Å². The Labute approximate surface area is 194 Å². The SMILES string of the molecule is COCCOCC1CCN(C(=O)c2ccc(S(=O)(=O)N(CC(C)C)CC(C)C)cc2)CC1. The number of hydrogen-bond donors (Lipinski definition) is 0. The molecular formula is C24H40N2O5S. The predicted octanol–water partition coefficient (Wildman–Crippen LogP) is 3.50. The van der Waals surface area contributed by atoms with Crippen LogP contribution in [0.15, 0.2) is 29.2 Å². The number of sulfonamides is 1.